The van der Waals surface area contributed by atoms with Crippen molar-refractivity contribution in [2.75, 3.05) is 20.3 Å². The van der Waals surface area contributed by atoms with Gasteiger partial charge in [-0.2, -0.15) is 0 Å². The first-order chi connectivity index (χ1) is 8.58. The first-order valence-corrected chi connectivity index (χ1v) is 7.21. The molecule has 1 fully saturated rings. The van der Waals surface area contributed by atoms with Crippen molar-refractivity contribution in [3.05, 3.63) is 0 Å². The molecular formula is C14H29NO3. The number of aliphatic hydroxyl groups is 3. The molecule has 1 unspecified atom stereocenters. The molecule has 4 nitrogen and oxygen atoms in total. The van der Waals surface area contributed by atoms with Crippen LogP contribution in [0.1, 0.15) is 51.9 Å². The van der Waals surface area contributed by atoms with Crippen LogP contribution in [-0.4, -0.2) is 58.2 Å². The van der Waals surface area contributed by atoms with Crippen LogP contribution in [0.3, 0.4) is 0 Å². The fourth-order valence-electron chi connectivity index (χ4n) is 3.41. The molecule has 0 aromatic heterocycles. The summed E-state index contributed by atoms with van der Waals surface area (Å²) in [6, 6.07) is 0.464. The Bertz CT molecular complexity index is 221. The molecule has 0 heterocycles. The zero-order chi connectivity index (χ0) is 13.6. The van der Waals surface area contributed by atoms with Crippen molar-refractivity contribution >= 4 is 0 Å². The van der Waals surface area contributed by atoms with Gasteiger partial charge >= 0.3 is 0 Å². The highest BCUT2D eigenvalue weighted by atomic mass is 16.3. The molecular weight excluding hydrogens is 230 g/mol. The Morgan fingerprint density at radius 3 is 2.00 bits per heavy atom. The molecule has 0 radical (unpaired) electrons. The highest BCUT2D eigenvalue weighted by Gasteiger charge is 2.41. The Kier molecular flexibility index (Phi) is 6.57. The number of hydrogen-bond donors (Lipinski definition) is 3. The summed E-state index contributed by atoms with van der Waals surface area (Å²) in [4.78, 5) is 2.23. The van der Waals surface area contributed by atoms with E-state index in [0.717, 1.165) is 12.8 Å². The van der Waals surface area contributed by atoms with E-state index in [1.54, 1.807) is 6.92 Å². The van der Waals surface area contributed by atoms with E-state index in [-0.39, 0.29) is 13.2 Å². The van der Waals surface area contributed by atoms with Crippen molar-refractivity contribution in [3.63, 3.8) is 0 Å². The summed E-state index contributed by atoms with van der Waals surface area (Å²) in [6.45, 7) is 1.86. The van der Waals surface area contributed by atoms with Crippen molar-refractivity contribution in [1.82, 2.24) is 4.90 Å². The van der Waals surface area contributed by atoms with Crippen LogP contribution < -0.4 is 0 Å². The van der Waals surface area contributed by atoms with E-state index in [1.165, 1.54) is 19.3 Å². The van der Waals surface area contributed by atoms with E-state index in [4.69, 9.17) is 0 Å². The monoisotopic (exact) mass is 259 g/mol. The van der Waals surface area contributed by atoms with Crippen molar-refractivity contribution in [2.45, 2.75) is 69.6 Å². The number of aliphatic hydroxyl groups excluding tert-OH is 3. The predicted molar refractivity (Wildman–Crippen MR) is 72.5 cm³/mol. The van der Waals surface area contributed by atoms with Gasteiger partial charge < -0.3 is 15.3 Å². The van der Waals surface area contributed by atoms with Gasteiger partial charge in [-0.25, -0.2) is 0 Å². The van der Waals surface area contributed by atoms with Crippen molar-refractivity contribution < 1.29 is 15.3 Å². The quantitative estimate of drug-likeness (QED) is 0.641. The van der Waals surface area contributed by atoms with Crippen LogP contribution in [-0.2, 0) is 0 Å². The number of nitrogens with zero attached hydrogens (tertiary/aromatic N) is 1. The van der Waals surface area contributed by atoms with Gasteiger partial charge in [-0.15, -0.1) is 0 Å². The number of likely N-dealkylation sites (N-methyl/N-ethyl adjacent to an activating group) is 1. The SMILES string of the molecule is CC(O)C(CCO)(CCO)N(C)C1CCCCC1. The second-order valence-electron chi connectivity index (χ2n) is 5.63. The van der Waals surface area contributed by atoms with Crippen molar-refractivity contribution in [3.8, 4) is 0 Å². The van der Waals surface area contributed by atoms with E-state index < -0.39 is 11.6 Å². The lowest BCUT2D eigenvalue weighted by atomic mass is 9.81. The summed E-state index contributed by atoms with van der Waals surface area (Å²) < 4.78 is 0. The van der Waals surface area contributed by atoms with E-state index in [0.29, 0.717) is 18.9 Å². The maximum atomic E-state index is 10.2. The average Bonchev–Trinajstić information content (AvgIpc) is 2.38. The fraction of sp³-hybridized carbons (Fsp3) is 1.00. The third kappa shape index (κ3) is 3.44. The molecule has 0 bridgehead atoms. The minimum Gasteiger partial charge on any atom is -0.396 e. The second-order valence-corrected chi connectivity index (χ2v) is 5.63. The second kappa shape index (κ2) is 7.43. The van der Waals surface area contributed by atoms with Gasteiger partial charge in [0.15, 0.2) is 0 Å². The van der Waals surface area contributed by atoms with Crippen molar-refractivity contribution in [1.29, 1.82) is 0 Å². The van der Waals surface area contributed by atoms with Crippen molar-refractivity contribution in [2.24, 2.45) is 0 Å². The molecule has 18 heavy (non-hydrogen) atoms. The third-order valence-corrected chi connectivity index (χ3v) is 4.69. The van der Waals surface area contributed by atoms with Crippen LogP contribution in [0, 0.1) is 0 Å². The molecule has 108 valence electrons. The zero-order valence-corrected chi connectivity index (χ0v) is 11.8. The predicted octanol–water partition coefficient (Wildman–Crippen LogP) is 1.14. The molecule has 1 aliphatic carbocycles. The summed E-state index contributed by atoms with van der Waals surface area (Å²) in [5.74, 6) is 0. The molecule has 0 aliphatic heterocycles. The summed E-state index contributed by atoms with van der Waals surface area (Å²) in [5, 5.41) is 28.8. The standard InChI is InChI=1S/C14H29NO3/c1-12(18)14(8-10-16,9-11-17)15(2)13-6-4-3-5-7-13/h12-13,16-18H,3-11H2,1-2H3. The highest BCUT2D eigenvalue weighted by molar-refractivity contribution is 4.96. The summed E-state index contributed by atoms with van der Waals surface area (Å²) in [7, 11) is 2.04. The molecule has 1 aliphatic rings. The summed E-state index contributed by atoms with van der Waals surface area (Å²) in [6.07, 6.45) is 6.56. The molecule has 1 atom stereocenters. The molecule has 0 amide bonds. The molecule has 3 N–H and O–H groups in total. The first-order valence-electron chi connectivity index (χ1n) is 7.21. The zero-order valence-electron chi connectivity index (χ0n) is 11.8. The normalized spacial score (nSPS) is 20.3. The maximum Gasteiger partial charge on any atom is 0.0697 e. The fourth-order valence-corrected chi connectivity index (χ4v) is 3.41. The van der Waals surface area contributed by atoms with E-state index in [2.05, 4.69) is 4.90 Å². The topological polar surface area (TPSA) is 63.9 Å². The van der Waals surface area contributed by atoms with Gasteiger partial charge in [0.05, 0.1) is 11.6 Å². The highest BCUT2D eigenvalue weighted by Crippen LogP contribution is 2.33. The lowest BCUT2D eigenvalue weighted by Crippen LogP contribution is -2.59. The minimum absolute atomic E-state index is 0.0436. The number of rotatable bonds is 7. The number of hydrogen-bond acceptors (Lipinski definition) is 4. The molecule has 0 aromatic rings. The average molecular weight is 259 g/mol. The Balaban J connectivity index is 2.84. The Hall–Kier alpha value is -0.160. The molecule has 1 saturated carbocycles. The Morgan fingerprint density at radius 2 is 1.61 bits per heavy atom. The minimum atomic E-state index is -0.552. The smallest absolute Gasteiger partial charge is 0.0697 e. The van der Waals surface area contributed by atoms with Crippen LogP contribution in [0.5, 0.6) is 0 Å². The first kappa shape index (κ1) is 15.9. The summed E-state index contributed by atoms with van der Waals surface area (Å²) >= 11 is 0. The van der Waals surface area contributed by atoms with Gasteiger partial charge in [-0.3, -0.25) is 4.90 Å². The molecule has 0 spiro atoms. The van der Waals surface area contributed by atoms with Gasteiger partial charge in [0.25, 0.3) is 0 Å². The molecule has 1 rings (SSSR count). The van der Waals surface area contributed by atoms with Crippen LogP contribution in [0.15, 0.2) is 0 Å². The van der Waals surface area contributed by atoms with Crippen LogP contribution >= 0.6 is 0 Å². The van der Waals surface area contributed by atoms with Gasteiger partial charge in [-0.05, 0) is 39.7 Å². The largest absolute Gasteiger partial charge is 0.396 e. The van der Waals surface area contributed by atoms with E-state index >= 15 is 0 Å². The van der Waals surface area contributed by atoms with E-state index in [9.17, 15) is 15.3 Å². The van der Waals surface area contributed by atoms with Gasteiger partial charge in [0, 0.05) is 19.3 Å². The maximum absolute atomic E-state index is 10.2. The van der Waals surface area contributed by atoms with E-state index in [1.807, 2.05) is 7.05 Å². The van der Waals surface area contributed by atoms with Crippen LogP contribution in [0.25, 0.3) is 0 Å². The Labute approximate surface area is 111 Å². The lowest BCUT2D eigenvalue weighted by molar-refractivity contribution is -0.0642. The third-order valence-electron chi connectivity index (χ3n) is 4.69. The lowest BCUT2D eigenvalue weighted by Gasteiger charge is -2.48. The summed E-state index contributed by atoms with van der Waals surface area (Å²) in [5.41, 5.74) is -0.495. The molecule has 0 aromatic carbocycles. The van der Waals surface area contributed by atoms with Gasteiger partial charge in [0.1, 0.15) is 0 Å². The van der Waals surface area contributed by atoms with Crippen LogP contribution in [0.4, 0.5) is 0 Å². The van der Waals surface area contributed by atoms with Gasteiger partial charge in [-0.1, -0.05) is 19.3 Å². The molecule has 0 saturated heterocycles. The van der Waals surface area contributed by atoms with Gasteiger partial charge in [0.2, 0.25) is 0 Å². The Morgan fingerprint density at radius 1 is 1.11 bits per heavy atom. The molecule has 4 heteroatoms. The van der Waals surface area contributed by atoms with Crippen LogP contribution in [0.2, 0.25) is 0 Å².